The van der Waals surface area contributed by atoms with Gasteiger partial charge >= 0.3 is 0 Å². The maximum Gasteiger partial charge on any atom is 0.230 e. The van der Waals surface area contributed by atoms with Crippen LogP contribution in [0.15, 0.2) is 54.6 Å². The van der Waals surface area contributed by atoms with Crippen LogP contribution in [0.5, 0.6) is 0 Å². The van der Waals surface area contributed by atoms with Crippen molar-refractivity contribution < 1.29 is 9.18 Å². The highest BCUT2D eigenvalue weighted by molar-refractivity contribution is 5.91. The third-order valence-corrected chi connectivity index (χ3v) is 6.37. The molecule has 154 valence electrons. The van der Waals surface area contributed by atoms with E-state index in [1.54, 1.807) is 12.1 Å². The zero-order valence-electron chi connectivity index (χ0n) is 17.1. The Hall–Kier alpha value is -2.24. The summed E-state index contributed by atoms with van der Waals surface area (Å²) in [7, 11) is 2.18. The van der Waals surface area contributed by atoms with E-state index in [2.05, 4.69) is 52.5 Å². The molecule has 1 atom stereocenters. The molecule has 0 bridgehead atoms. The second kappa shape index (κ2) is 8.64. The van der Waals surface area contributed by atoms with E-state index in [9.17, 15) is 9.18 Å². The van der Waals surface area contributed by atoms with Gasteiger partial charge in [-0.15, -0.1) is 0 Å². The van der Waals surface area contributed by atoms with Gasteiger partial charge in [0.05, 0.1) is 5.41 Å². The first-order valence-electron chi connectivity index (χ1n) is 10.6. The number of halogens is 1. The molecule has 4 rings (SSSR count). The fourth-order valence-corrected chi connectivity index (χ4v) is 4.41. The van der Waals surface area contributed by atoms with Crippen molar-refractivity contribution in [3.05, 3.63) is 71.5 Å². The lowest BCUT2D eigenvalue weighted by Crippen LogP contribution is -2.47. The zero-order chi connectivity index (χ0) is 20.3. The molecule has 5 heteroatoms. The van der Waals surface area contributed by atoms with Crippen molar-refractivity contribution in [3.63, 3.8) is 0 Å². The van der Waals surface area contributed by atoms with Gasteiger partial charge in [0.25, 0.3) is 0 Å². The van der Waals surface area contributed by atoms with Gasteiger partial charge in [-0.05, 0) is 49.6 Å². The molecule has 0 radical (unpaired) electrons. The maximum absolute atomic E-state index is 13.2. The fraction of sp³-hybridized carbons (Fsp3) is 0.458. The highest BCUT2D eigenvalue weighted by Crippen LogP contribution is 2.48. The standard InChI is InChI=1S/C24H30FN3O/c1-27-16-17-28(22(18-27)19-6-3-2-4-7-19)15-5-14-26-23(29)24(12-13-24)20-8-10-21(25)11-9-20/h2-4,6-11,22H,5,12-18H2,1H3,(H,26,29)/t22-/m0/s1. The maximum atomic E-state index is 13.2. The minimum absolute atomic E-state index is 0.0853. The van der Waals surface area contributed by atoms with Crippen LogP contribution >= 0.6 is 0 Å². The molecule has 0 aromatic heterocycles. The van der Waals surface area contributed by atoms with E-state index in [4.69, 9.17) is 0 Å². The zero-order valence-corrected chi connectivity index (χ0v) is 17.1. The van der Waals surface area contributed by atoms with E-state index in [1.165, 1.54) is 17.7 Å². The first-order chi connectivity index (χ1) is 14.1. The fourth-order valence-electron chi connectivity index (χ4n) is 4.41. The third kappa shape index (κ3) is 4.51. The van der Waals surface area contributed by atoms with Crippen LogP contribution in [0.1, 0.15) is 36.4 Å². The van der Waals surface area contributed by atoms with Crippen molar-refractivity contribution in [1.29, 1.82) is 0 Å². The Bertz CT molecular complexity index is 820. The Labute approximate surface area is 172 Å². The number of carbonyl (C=O) groups excluding carboxylic acids is 1. The number of amides is 1. The van der Waals surface area contributed by atoms with Gasteiger partial charge in [0.1, 0.15) is 5.82 Å². The lowest BCUT2D eigenvalue weighted by Gasteiger charge is -2.40. The van der Waals surface area contributed by atoms with Crippen LogP contribution in [0.4, 0.5) is 4.39 Å². The van der Waals surface area contributed by atoms with Gasteiger partial charge in [-0.2, -0.15) is 0 Å². The number of carbonyl (C=O) groups is 1. The molecule has 2 fully saturated rings. The molecule has 1 aliphatic carbocycles. The first kappa shape index (κ1) is 20.0. The Morgan fingerprint density at radius 3 is 2.52 bits per heavy atom. The molecule has 1 aliphatic heterocycles. The Morgan fingerprint density at radius 1 is 1.10 bits per heavy atom. The molecule has 2 aromatic rings. The van der Waals surface area contributed by atoms with Crippen molar-refractivity contribution in [2.45, 2.75) is 30.7 Å². The second-order valence-corrected chi connectivity index (χ2v) is 8.42. The topological polar surface area (TPSA) is 35.6 Å². The summed E-state index contributed by atoms with van der Waals surface area (Å²) in [6.45, 7) is 4.80. The Kier molecular flexibility index (Phi) is 5.97. The number of likely N-dealkylation sites (N-methyl/N-ethyl adjacent to an activating group) is 1. The number of rotatable bonds is 7. The summed E-state index contributed by atoms with van der Waals surface area (Å²) >= 11 is 0. The Morgan fingerprint density at radius 2 is 1.83 bits per heavy atom. The van der Waals surface area contributed by atoms with E-state index in [1.807, 2.05) is 0 Å². The average molecular weight is 396 g/mol. The second-order valence-electron chi connectivity index (χ2n) is 8.42. The first-order valence-corrected chi connectivity index (χ1v) is 10.6. The number of nitrogens with one attached hydrogen (secondary N) is 1. The van der Waals surface area contributed by atoms with E-state index in [0.717, 1.165) is 51.0 Å². The molecule has 1 saturated heterocycles. The summed E-state index contributed by atoms with van der Waals surface area (Å²) in [5, 5.41) is 3.13. The minimum Gasteiger partial charge on any atom is -0.355 e. The van der Waals surface area contributed by atoms with E-state index in [-0.39, 0.29) is 11.7 Å². The summed E-state index contributed by atoms with van der Waals surface area (Å²) < 4.78 is 13.2. The lowest BCUT2D eigenvalue weighted by atomic mass is 9.95. The normalized spacial score (nSPS) is 21.7. The quantitative estimate of drug-likeness (QED) is 0.731. The molecule has 1 amide bonds. The van der Waals surface area contributed by atoms with Crippen LogP contribution in [-0.4, -0.2) is 55.5 Å². The molecule has 29 heavy (non-hydrogen) atoms. The highest BCUT2D eigenvalue weighted by atomic mass is 19.1. The van der Waals surface area contributed by atoms with E-state index >= 15 is 0 Å². The smallest absolute Gasteiger partial charge is 0.230 e. The molecule has 1 heterocycles. The highest BCUT2D eigenvalue weighted by Gasteiger charge is 2.51. The van der Waals surface area contributed by atoms with Crippen LogP contribution in [0.3, 0.4) is 0 Å². The van der Waals surface area contributed by atoms with Crippen molar-refractivity contribution in [2.75, 3.05) is 39.8 Å². The van der Waals surface area contributed by atoms with Crippen LogP contribution in [-0.2, 0) is 10.2 Å². The summed E-state index contributed by atoms with van der Waals surface area (Å²) in [4.78, 5) is 17.7. The van der Waals surface area contributed by atoms with Crippen molar-refractivity contribution in [3.8, 4) is 0 Å². The minimum atomic E-state index is -0.436. The molecular weight excluding hydrogens is 365 g/mol. The van der Waals surface area contributed by atoms with Crippen LogP contribution < -0.4 is 5.32 Å². The van der Waals surface area contributed by atoms with Gasteiger partial charge in [0.15, 0.2) is 0 Å². The molecule has 2 aliphatic rings. The monoisotopic (exact) mass is 395 g/mol. The molecule has 4 nitrogen and oxygen atoms in total. The van der Waals surface area contributed by atoms with Gasteiger partial charge in [-0.3, -0.25) is 9.69 Å². The summed E-state index contributed by atoms with van der Waals surface area (Å²) in [6, 6.07) is 17.5. The number of nitrogens with zero attached hydrogens (tertiary/aromatic N) is 2. The Balaban J connectivity index is 1.29. The van der Waals surface area contributed by atoms with Crippen molar-refractivity contribution in [1.82, 2.24) is 15.1 Å². The molecule has 0 spiro atoms. The lowest BCUT2D eigenvalue weighted by molar-refractivity contribution is -0.123. The van der Waals surface area contributed by atoms with Gasteiger partial charge < -0.3 is 10.2 Å². The predicted molar refractivity (Wildman–Crippen MR) is 113 cm³/mol. The van der Waals surface area contributed by atoms with Crippen LogP contribution in [0.25, 0.3) is 0 Å². The number of hydrogen-bond donors (Lipinski definition) is 1. The van der Waals surface area contributed by atoms with Gasteiger partial charge in [0.2, 0.25) is 5.91 Å². The SMILES string of the molecule is CN1CCN(CCCNC(=O)C2(c3ccc(F)cc3)CC2)[C@H](c2ccccc2)C1. The average Bonchev–Trinajstić information content (AvgIpc) is 3.55. The summed E-state index contributed by atoms with van der Waals surface area (Å²) in [5.41, 5.74) is 1.85. The van der Waals surface area contributed by atoms with Crippen LogP contribution in [0, 0.1) is 5.82 Å². The molecule has 0 unspecified atom stereocenters. The summed E-state index contributed by atoms with van der Waals surface area (Å²) in [5.74, 6) is -0.174. The van der Waals surface area contributed by atoms with Crippen molar-refractivity contribution >= 4 is 5.91 Å². The largest absolute Gasteiger partial charge is 0.355 e. The third-order valence-electron chi connectivity index (χ3n) is 6.37. The van der Waals surface area contributed by atoms with Crippen molar-refractivity contribution in [2.24, 2.45) is 0 Å². The molecular formula is C24H30FN3O. The number of hydrogen-bond acceptors (Lipinski definition) is 3. The van der Waals surface area contributed by atoms with Gasteiger partial charge in [-0.1, -0.05) is 42.5 Å². The molecule has 1 N–H and O–H groups in total. The van der Waals surface area contributed by atoms with E-state index < -0.39 is 5.41 Å². The number of benzene rings is 2. The van der Waals surface area contributed by atoms with Gasteiger partial charge in [0, 0.05) is 38.8 Å². The summed E-state index contributed by atoms with van der Waals surface area (Å²) in [6.07, 6.45) is 2.62. The van der Waals surface area contributed by atoms with Crippen LogP contribution in [0.2, 0.25) is 0 Å². The molecule has 1 saturated carbocycles. The molecule has 2 aromatic carbocycles. The van der Waals surface area contributed by atoms with E-state index in [0.29, 0.717) is 12.6 Å². The number of piperazine rings is 1. The van der Waals surface area contributed by atoms with Gasteiger partial charge in [-0.25, -0.2) is 4.39 Å². The predicted octanol–water partition coefficient (Wildman–Crippen LogP) is 3.35.